The highest BCUT2D eigenvalue weighted by Gasteiger charge is 2.34. The van der Waals surface area contributed by atoms with Crippen LogP contribution in [0.2, 0.25) is 0 Å². The average Bonchev–Trinajstić information content (AvgIpc) is 2.32. The van der Waals surface area contributed by atoms with Gasteiger partial charge in [0.2, 0.25) is 0 Å². The van der Waals surface area contributed by atoms with Crippen LogP contribution in [0.4, 0.5) is 0 Å². The minimum absolute atomic E-state index is 0.0194. The lowest BCUT2D eigenvalue weighted by molar-refractivity contribution is -0.137. The molecule has 1 heterocycles. The van der Waals surface area contributed by atoms with Crippen LogP contribution in [0, 0.1) is 5.41 Å². The van der Waals surface area contributed by atoms with Gasteiger partial charge in [0.05, 0.1) is 13.0 Å². The molecule has 0 amide bonds. The summed E-state index contributed by atoms with van der Waals surface area (Å²) >= 11 is 0. The summed E-state index contributed by atoms with van der Waals surface area (Å²) < 4.78 is 4.96. The van der Waals surface area contributed by atoms with Crippen molar-refractivity contribution < 1.29 is 9.53 Å². The van der Waals surface area contributed by atoms with Crippen molar-refractivity contribution in [1.82, 2.24) is 0 Å². The van der Waals surface area contributed by atoms with Gasteiger partial charge >= 0.3 is 5.97 Å². The van der Waals surface area contributed by atoms with Crippen LogP contribution in [-0.2, 0) is 9.53 Å². The normalized spacial score (nSPS) is 29.0. The largest absolute Gasteiger partial charge is 0.465 e. The van der Waals surface area contributed by atoms with Crippen LogP contribution in [0.15, 0.2) is 0 Å². The smallest absolute Gasteiger partial charge is 0.306 e. The van der Waals surface area contributed by atoms with E-state index in [9.17, 15) is 4.79 Å². The summed E-state index contributed by atoms with van der Waals surface area (Å²) in [7, 11) is 0. The zero-order chi connectivity index (χ0) is 9.03. The third-order valence-electron chi connectivity index (χ3n) is 2.54. The molecule has 0 radical (unpaired) electrons. The van der Waals surface area contributed by atoms with Crippen molar-refractivity contribution in [2.45, 2.75) is 46.0 Å². The SMILES string of the molecule is CCCCCC1(C)COC(=O)C1. The van der Waals surface area contributed by atoms with Gasteiger partial charge in [-0.2, -0.15) is 0 Å². The summed E-state index contributed by atoms with van der Waals surface area (Å²) in [6, 6.07) is 0. The molecule has 0 N–H and O–H groups in total. The lowest BCUT2D eigenvalue weighted by Crippen LogP contribution is -2.15. The Morgan fingerprint density at radius 1 is 1.50 bits per heavy atom. The van der Waals surface area contributed by atoms with Gasteiger partial charge in [-0.05, 0) is 6.42 Å². The van der Waals surface area contributed by atoms with Crippen LogP contribution in [-0.4, -0.2) is 12.6 Å². The van der Waals surface area contributed by atoms with Crippen molar-refractivity contribution in [1.29, 1.82) is 0 Å². The Kier molecular flexibility index (Phi) is 3.12. The van der Waals surface area contributed by atoms with Gasteiger partial charge in [0.15, 0.2) is 0 Å². The molecule has 0 aromatic heterocycles. The quantitative estimate of drug-likeness (QED) is 0.478. The molecule has 1 unspecified atom stereocenters. The molecular weight excluding hydrogens is 152 g/mol. The predicted octanol–water partition coefficient (Wildman–Crippen LogP) is 2.52. The molecule has 1 atom stereocenters. The van der Waals surface area contributed by atoms with Gasteiger partial charge in [-0.3, -0.25) is 4.79 Å². The van der Waals surface area contributed by atoms with E-state index in [0.717, 1.165) is 6.42 Å². The lowest BCUT2D eigenvalue weighted by Gasteiger charge is -2.18. The summed E-state index contributed by atoms with van der Waals surface area (Å²) in [5.41, 5.74) is 0.145. The number of rotatable bonds is 4. The maximum atomic E-state index is 10.9. The van der Waals surface area contributed by atoms with E-state index in [1.807, 2.05) is 0 Å². The van der Waals surface area contributed by atoms with Crippen molar-refractivity contribution in [3.63, 3.8) is 0 Å². The van der Waals surface area contributed by atoms with Crippen LogP contribution in [0.1, 0.15) is 46.0 Å². The summed E-state index contributed by atoms with van der Waals surface area (Å²) in [4.78, 5) is 10.9. The average molecular weight is 170 g/mol. The lowest BCUT2D eigenvalue weighted by atomic mass is 9.84. The van der Waals surface area contributed by atoms with E-state index in [1.54, 1.807) is 0 Å². The van der Waals surface area contributed by atoms with E-state index >= 15 is 0 Å². The first-order valence-electron chi connectivity index (χ1n) is 4.82. The Morgan fingerprint density at radius 2 is 2.25 bits per heavy atom. The summed E-state index contributed by atoms with van der Waals surface area (Å²) in [5.74, 6) is -0.0194. The Hall–Kier alpha value is -0.530. The van der Waals surface area contributed by atoms with Crippen molar-refractivity contribution in [2.75, 3.05) is 6.61 Å². The molecule has 0 aromatic rings. The molecule has 1 rings (SSSR count). The number of unbranched alkanes of at least 4 members (excludes halogenated alkanes) is 2. The van der Waals surface area contributed by atoms with Gasteiger partial charge in [-0.15, -0.1) is 0 Å². The second-order valence-corrected chi connectivity index (χ2v) is 4.11. The van der Waals surface area contributed by atoms with Crippen LogP contribution in [0.25, 0.3) is 0 Å². The van der Waals surface area contributed by atoms with E-state index in [-0.39, 0.29) is 11.4 Å². The topological polar surface area (TPSA) is 26.3 Å². The maximum Gasteiger partial charge on any atom is 0.306 e. The van der Waals surface area contributed by atoms with E-state index in [4.69, 9.17) is 4.74 Å². The molecule has 2 heteroatoms. The number of hydrogen-bond donors (Lipinski definition) is 0. The first-order valence-corrected chi connectivity index (χ1v) is 4.82. The number of cyclic esters (lactones) is 1. The van der Waals surface area contributed by atoms with Crippen LogP contribution >= 0.6 is 0 Å². The molecule has 1 aliphatic rings. The molecule has 0 spiro atoms. The van der Waals surface area contributed by atoms with Gasteiger partial charge in [0, 0.05) is 5.41 Å². The molecule has 1 aliphatic heterocycles. The zero-order valence-electron chi connectivity index (χ0n) is 8.06. The fourth-order valence-electron chi connectivity index (χ4n) is 1.67. The highest BCUT2D eigenvalue weighted by atomic mass is 16.5. The molecule has 0 aromatic carbocycles. The molecular formula is C10H18O2. The molecule has 0 saturated carbocycles. The Morgan fingerprint density at radius 3 is 2.75 bits per heavy atom. The minimum Gasteiger partial charge on any atom is -0.465 e. The summed E-state index contributed by atoms with van der Waals surface area (Å²) in [6.45, 7) is 4.97. The zero-order valence-corrected chi connectivity index (χ0v) is 8.06. The number of carbonyl (C=O) groups is 1. The fraction of sp³-hybridized carbons (Fsp3) is 0.900. The number of esters is 1. The molecule has 1 fully saturated rings. The van der Waals surface area contributed by atoms with Crippen LogP contribution in [0.5, 0.6) is 0 Å². The number of carbonyl (C=O) groups excluding carboxylic acids is 1. The second kappa shape index (κ2) is 3.92. The maximum absolute atomic E-state index is 10.9. The van der Waals surface area contributed by atoms with Crippen molar-refractivity contribution in [3.8, 4) is 0 Å². The van der Waals surface area contributed by atoms with E-state index < -0.39 is 0 Å². The third-order valence-corrected chi connectivity index (χ3v) is 2.54. The highest BCUT2D eigenvalue weighted by molar-refractivity contribution is 5.72. The predicted molar refractivity (Wildman–Crippen MR) is 47.8 cm³/mol. The molecule has 1 saturated heterocycles. The van der Waals surface area contributed by atoms with Crippen molar-refractivity contribution >= 4 is 5.97 Å². The molecule has 12 heavy (non-hydrogen) atoms. The minimum atomic E-state index is -0.0194. The van der Waals surface area contributed by atoms with Gasteiger partial charge in [-0.1, -0.05) is 33.1 Å². The third kappa shape index (κ3) is 2.50. The number of ether oxygens (including phenoxy) is 1. The van der Waals surface area contributed by atoms with E-state index in [1.165, 1.54) is 19.3 Å². The first kappa shape index (κ1) is 9.56. The van der Waals surface area contributed by atoms with E-state index in [0.29, 0.717) is 13.0 Å². The first-order chi connectivity index (χ1) is 5.66. The fourth-order valence-corrected chi connectivity index (χ4v) is 1.67. The van der Waals surface area contributed by atoms with Crippen LogP contribution < -0.4 is 0 Å². The highest BCUT2D eigenvalue weighted by Crippen LogP contribution is 2.34. The Bertz CT molecular complexity index is 165. The van der Waals surface area contributed by atoms with E-state index in [2.05, 4.69) is 13.8 Å². The van der Waals surface area contributed by atoms with Crippen molar-refractivity contribution in [2.24, 2.45) is 5.41 Å². The molecule has 0 aliphatic carbocycles. The monoisotopic (exact) mass is 170 g/mol. The van der Waals surface area contributed by atoms with Gasteiger partial charge in [0.1, 0.15) is 0 Å². The van der Waals surface area contributed by atoms with Crippen molar-refractivity contribution in [3.05, 3.63) is 0 Å². The van der Waals surface area contributed by atoms with Gasteiger partial charge in [-0.25, -0.2) is 0 Å². The Labute approximate surface area is 74.3 Å². The molecule has 70 valence electrons. The molecule has 0 bridgehead atoms. The standard InChI is InChI=1S/C10H18O2/c1-3-4-5-6-10(2)7-9(11)12-8-10/h3-8H2,1-2H3. The van der Waals surface area contributed by atoms with Crippen LogP contribution in [0.3, 0.4) is 0 Å². The molecule has 2 nitrogen and oxygen atoms in total. The second-order valence-electron chi connectivity index (χ2n) is 4.11. The Balaban J connectivity index is 2.25. The van der Waals surface area contributed by atoms with Gasteiger partial charge in [0.25, 0.3) is 0 Å². The summed E-state index contributed by atoms with van der Waals surface area (Å²) in [6.07, 6.45) is 5.49. The summed E-state index contributed by atoms with van der Waals surface area (Å²) in [5, 5.41) is 0. The van der Waals surface area contributed by atoms with Gasteiger partial charge < -0.3 is 4.74 Å². The number of hydrogen-bond acceptors (Lipinski definition) is 2.